The number of nitrogens with one attached hydrogen (secondary N) is 1. The lowest BCUT2D eigenvalue weighted by molar-refractivity contribution is -0.0851. The van der Waals surface area contributed by atoms with Crippen LogP contribution in [0.5, 0.6) is 0 Å². The van der Waals surface area contributed by atoms with Crippen molar-refractivity contribution in [3.8, 4) is 0 Å². The first kappa shape index (κ1) is 13.7. The molecule has 3 heterocycles. The average molecular weight is 292 g/mol. The van der Waals surface area contributed by atoms with Gasteiger partial charge in [0.05, 0.1) is 37.1 Å². The molecule has 0 amide bonds. The van der Waals surface area contributed by atoms with Gasteiger partial charge < -0.3 is 14.8 Å². The van der Waals surface area contributed by atoms with Gasteiger partial charge >= 0.3 is 0 Å². The Morgan fingerprint density at radius 2 is 2.14 bits per heavy atom. The maximum absolute atomic E-state index is 6.12. The van der Waals surface area contributed by atoms with Gasteiger partial charge in [0.2, 0.25) is 0 Å². The fourth-order valence-electron chi connectivity index (χ4n) is 4.20. The van der Waals surface area contributed by atoms with Gasteiger partial charge in [-0.15, -0.1) is 5.10 Å². The molecule has 2 saturated heterocycles. The summed E-state index contributed by atoms with van der Waals surface area (Å²) in [4.78, 5) is 0. The summed E-state index contributed by atoms with van der Waals surface area (Å²) >= 11 is 0. The van der Waals surface area contributed by atoms with E-state index in [4.69, 9.17) is 9.47 Å². The van der Waals surface area contributed by atoms with Crippen molar-refractivity contribution in [1.82, 2.24) is 20.3 Å². The summed E-state index contributed by atoms with van der Waals surface area (Å²) in [6, 6.07) is 1.12. The lowest BCUT2D eigenvalue weighted by atomic mass is 9.88. The summed E-state index contributed by atoms with van der Waals surface area (Å²) in [6.45, 7) is 2.36. The zero-order valence-corrected chi connectivity index (χ0v) is 12.4. The summed E-state index contributed by atoms with van der Waals surface area (Å²) in [5.74, 6) is 0. The van der Waals surface area contributed by atoms with Crippen LogP contribution in [0.15, 0.2) is 12.4 Å². The zero-order chi connectivity index (χ0) is 14.1. The highest BCUT2D eigenvalue weighted by Gasteiger charge is 2.41. The molecule has 2 aliphatic heterocycles. The van der Waals surface area contributed by atoms with Crippen molar-refractivity contribution in [2.45, 2.75) is 62.3 Å². The van der Waals surface area contributed by atoms with E-state index in [1.54, 1.807) is 6.20 Å². The van der Waals surface area contributed by atoms with E-state index in [9.17, 15) is 0 Å². The average Bonchev–Trinajstić information content (AvgIpc) is 3.20. The van der Waals surface area contributed by atoms with E-state index in [2.05, 4.69) is 15.6 Å². The number of hydrogen-bond donors (Lipinski definition) is 1. The van der Waals surface area contributed by atoms with Crippen molar-refractivity contribution in [2.75, 3.05) is 19.8 Å². The number of nitrogens with zero attached hydrogens (tertiary/aromatic N) is 3. The molecular formula is C15H24N4O2. The van der Waals surface area contributed by atoms with Gasteiger partial charge in [-0.2, -0.15) is 0 Å². The first-order valence-corrected chi connectivity index (χ1v) is 8.18. The lowest BCUT2D eigenvalue weighted by Crippen LogP contribution is -2.50. The van der Waals surface area contributed by atoms with E-state index in [-0.39, 0.29) is 11.6 Å². The van der Waals surface area contributed by atoms with Crippen LogP contribution in [-0.2, 0) is 9.47 Å². The van der Waals surface area contributed by atoms with Crippen molar-refractivity contribution < 1.29 is 9.47 Å². The van der Waals surface area contributed by atoms with Crippen LogP contribution >= 0.6 is 0 Å². The second-order valence-electron chi connectivity index (χ2n) is 6.69. The highest BCUT2D eigenvalue weighted by molar-refractivity contribution is 4.96. The quantitative estimate of drug-likeness (QED) is 0.910. The van der Waals surface area contributed by atoms with E-state index in [0.717, 1.165) is 32.7 Å². The molecule has 6 heteroatoms. The molecule has 0 radical (unpaired) electrons. The number of ether oxygens (including phenoxy) is 2. The predicted octanol–water partition coefficient (Wildman–Crippen LogP) is 1.30. The molecule has 0 bridgehead atoms. The molecule has 1 saturated carbocycles. The number of aromatic nitrogens is 3. The van der Waals surface area contributed by atoms with Crippen LogP contribution in [0.2, 0.25) is 0 Å². The smallest absolute Gasteiger partial charge is 0.0945 e. The van der Waals surface area contributed by atoms with Crippen molar-refractivity contribution in [1.29, 1.82) is 0 Å². The highest BCUT2D eigenvalue weighted by atomic mass is 16.5. The summed E-state index contributed by atoms with van der Waals surface area (Å²) in [5.41, 5.74) is 0.165. The van der Waals surface area contributed by atoms with E-state index in [1.807, 2.05) is 10.9 Å². The normalized spacial score (nSPS) is 35.5. The molecule has 6 nitrogen and oxygen atoms in total. The van der Waals surface area contributed by atoms with Crippen LogP contribution in [-0.4, -0.2) is 52.5 Å². The molecular weight excluding hydrogens is 268 g/mol. The fourth-order valence-corrected chi connectivity index (χ4v) is 4.20. The van der Waals surface area contributed by atoms with Crippen molar-refractivity contribution >= 4 is 0 Å². The maximum atomic E-state index is 6.12. The Bertz CT molecular complexity index is 458. The Labute approximate surface area is 125 Å². The Morgan fingerprint density at radius 1 is 1.24 bits per heavy atom. The van der Waals surface area contributed by atoms with Crippen LogP contribution < -0.4 is 5.32 Å². The fraction of sp³-hybridized carbons (Fsp3) is 0.867. The molecule has 1 unspecified atom stereocenters. The van der Waals surface area contributed by atoms with Gasteiger partial charge in [-0.05, 0) is 25.7 Å². The van der Waals surface area contributed by atoms with Gasteiger partial charge in [0.15, 0.2) is 0 Å². The minimum Gasteiger partial charge on any atom is -0.377 e. The molecule has 1 aromatic heterocycles. The highest BCUT2D eigenvalue weighted by Crippen LogP contribution is 2.40. The minimum absolute atomic E-state index is 0.165. The largest absolute Gasteiger partial charge is 0.377 e. The van der Waals surface area contributed by atoms with Crippen LogP contribution in [0.25, 0.3) is 0 Å². The Hall–Kier alpha value is -0.980. The first-order chi connectivity index (χ1) is 10.3. The molecule has 1 aliphatic carbocycles. The summed E-state index contributed by atoms with van der Waals surface area (Å²) < 4.78 is 13.7. The van der Waals surface area contributed by atoms with Crippen LogP contribution in [0.4, 0.5) is 0 Å². The minimum atomic E-state index is 0.165. The van der Waals surface area contributed by atoms with E-state index < -0.39 is 0 Å². The molecule has 1 aromatic rings. The number of hydrogen-bond acceptors (Lipinski definition) is 5. The molecule has 116 valence electrons. The van der Waals surface area contributed by atoms with Crippen molar-refractivity contribution in [3.05, 3.63) is 12.4 Å². The van der Waals surface area contributed by atoms with Gasteiger partial charge in [0, 0.05) is 18.8 Å². The Morgan fingerprint density at radius 3 is 2.95 bits per heavy atom. The summed E-state index contributed by atoms with van der Waals surface area (Å²) in [5, 5.41) is 11.9. The molecule has 0 aromatic carbocycles. The molecule has 1 N–H and O–H groups in total. The van der Waals surface area contributed by atoms with E-state index >= 15 is 0 Å². The predicted molar refractivity (Wildman–Crippen MR) is 77.0 cm³/mol. The molecule has 3 atom stereocenters. The van der Waals surface area contributed by atoms with Crippen LogP contribution in [0.3, 0.4) is 0 Å². The summed E-state index contributed by atoms with van der Waals surface area (Å²) in [7, 11) is 0. The van der Waals surface area contributed by atoms with Crippen LogP contribution in [0, 0.1) is 0 Å². The molecule has 3 fully saturated rings. The van der Waals surface area contributed by atoms with Crippen LogP contribution in [0.1, 0.15) is 44.6 Å². The monoisotopic (exact) mass is 292 g/mol. The van der Waals surface area contributed by atoms with Gasteiger partial charge in [-0.3, -0.25) is 0 Å². The Kier molecular flexibility index (Phi) is 3.69. The van der Waals surface area contributed by atoms with Gasteiger partial charge in [0.1, 0.15) is 0 Å². The SMILES string of the molecule is c1cn([C@@H]2COC[C@@H]2NC2CCOC3(CCCC3)C2)nn1. The van der Waals surface area contributed by atoms with Crippen molar-refractivity contribution in [2.24, 2.45) is 0 Å². The second kappa shape index (κ2) is 5.66. The second-order valence-corrected chi connectivity index (χ2v) is 6.69. The first-order valence-electron chi connectivity index (χ1n) is 8.18. The van der Waals surface area contributed by atoms with E-state index in [0.29, 0.717) is 12.1 Å². The molecule has 1 spiro atoms. The lowest BCUT2D eigenvalue weighted by Gasteiger charge is -2.40. The topological polar surface area (TPSA) is 61.2 Å². The third-order valence-corrected chi connectivity index (χ3v) is 5.29. The van der Waals surface area contributed by atoms with Crippen molar-refractivity contribution in [3.63, 3.8) is 0 Å². The van der Waals surface area contributed by atoms with Gasteiger partial charge in [0.25, 0.3) is 0 Å². The van der Waals surface area contributed by atoms with Gasteiger partial charge in [-0.25, -0.2) is 4.68 Å². The third kappa shape index (κ3) is 2.72. The molecule has 3 aliphatic rings. The van der Waals surface area contributed by atoms with Gasteiger partial charge in [-0.1, -0.05) is 18.1 Å². The molecule has 4 rings (SSSR count). The number of rotatable bonds is 3. The maximum Gasteiger partial charge on any atom is 0.0945 e. The molecule has 21 heavy (non-hydrogen) atoms. The van der Waals surface area contributed by atoms with E-state index in [1.165, 1.54) is 25.7 Å². The zero-order valence-electron chi connectivity index (χ0n) is 12.4. The third-order valence-electron chi connectivity index (χ3n) is 5.29. The summed E-state index contributed by atoms with van der Waals surface area (Å²) in [6.07, 6.45) is 11.0. The standard InChI is InChI=1S/C15H24N4O2/c1-2-5-15(4-1)9-12(3-8-21-15)17-13-10-20-11-14(13)19-7-6-16-18-19/h6-7,12-14,17H,1-5,8-11H2/t12?,13-,14+/m0/s1. The Balaban J connectivity index is 1.41.